The molecule has 0 unspecified atom stereocenters. The molecule has 144 valence electrons. The van der Waals surface area contributed by atoms with Gasteiger partial charge >= 0.3 is 0 Å². The second-order valence-electron chi connectivity index (χ2n) is 7.21. The maximum absolute atomic E-state index is 14.5. The molecule has 2 aliphatic rings. The van der Waals surface area contributed by atoms with Crippen LogP contribution in [0, 0.1) is 0 Å². The van der Waals surface area contributed by atoms with Gasteiger partial charge in [0.15, 0.2) is 0 Å². The van der Waals surface area contributed by atoms with Crippen LogP contribution in [0.1, 0.15) is 28.0 Å². The molecule has 1 saturated heterocycles. The van der Waals surface area contributed by atoms with Crippen LogP contribution < -0.4 is 5.43 Å². The van der Waals surface area contributed by atoms with Crippen LogP contribution in [0.2, 0.25) is 0 Å². The molecule has 3 heterocycles. The van der Waals surface area contributed by atoms with Crippen molar-refractivity contribution in [1.29, 1.82) is 0 Å². The molecule has 2 aromatic rings. The second-order valence-corrected chi connectivity index (χ2v) is 7.21. The third-order valence-electron chi connectivity index (χ3n) is 5.05. The predicted molar refractivity (Wildman–Crippen MR) is 97.3 cm³/mol. The molecule has 1 amide bonds. The molecule has 6 nitrogen and oxygen atoms in total. The molecular weight excluding hydrogens is 352 g/mol. The summed E-state index contributed by atoms with van der Waals surface area (Å²) in [7, 11) is 0. The summed E-state index contributed by atoms with van der Waals surface area (Å²) in [5, 5.41) is 4.16. The van der Waals surface area contributed by atoms with E-state index in [9.17, 15) is 13.6 Å². The number of carbonyl (C=O) groups excluding carboxylic acids is 1. The Morgan fingerprint density at radius 1 is 1.19 bits per heavy atom. The van der Waals surface area contributed by atoms with Gasteiger partial charge in [-0.2, -0.15) is 9.89 Å². The van der Waals surface area contributed by atoms with Crippen LogP contribution in [0.3, 0.4) is 0 Å². The highest BCUT2D eigenvalue weighted by atomic mass is 19.3. The number of nitrogens with one attached hydrogen (secondary N) is 1. The fourth-order valence-electron chi connectivity index (χ4n) is 3.77. The molecule has 4 rings (SSSR count). The normalized spacial score (nSPS) is 19.9. The van der Waals surface area contributed by atoms with E-state index >= 15 is 0 Å². The van der Waals surface area contributed by atoms with Crippen LogP contribution in [0.15, 0.2) is 36.5 Å². The summed E-state index contributed by atoms with van der Waals surface area (Å²) in [6, 6.07) is 9.56. The number of aromatic nitrogens is 2. The van der Waals surface area contributed by atoms with E-state index in [-0.39, 0.29) is 19.0 Å². The Labute approximate surface area is 156 Å². The number of fused-ring (bicyclic) bond motifs is 1. The average molecular weight is 375 g/mol. The molecule has 1 fully saturated rings. The maximum Gasteiger partial charge on any atom is 0.277 e. The number of halogens is 2. The number of carbonyl (C=O) groups is 1. The third kappa shape index (κ3) is 3.95. The summed E-state index contributed by atoms with van der Waals surface area (Å²) in [6.07, 6.45) is 3.10. The molecule has 1 N–H and O–H groups in total. The van der Waals surface area contributed by atoms with Crippen LogP contribution in [0.5, 0.6) is 0 Å². The highest BCUT2D eigenvalue weighted by Gasteiger charge is 2.39. The fourth-order valence-corrected chi connectivity index (χ4v) is 3.77. The summed E-state index contributed by atoms with van der Waals surface area (Å²) >= 11 is 0. The van der Waals surface area contributed by atoms with E-state index in [1.54, 1.807) is 9.69 Å². The van der Waals surface area contributed by atoms with Crippen molar-refractivity contribution in [3.8, 4) is 0 Å². The monoisotopic (exact) mass is 375 g/mol. The zero-order valence-corrected chi connectivity index (χ0v) is 15.1. The Balaban J connectivity index is 1.49. The summed E-state index contributed by atoms with van der Waals surface area (Å²) in [5.74, 6) is -3.31. The number of hydrogen-bond donors (Lipinski definition) is 1. The van der Waals surface area contributed by atoms with Crippen LogP contribution in [0.4, 0.5) is 8.78 Å². The zero-order chi connectivity index (χ0) is 18.9. The van der Waals surface area contributed by atoms with E-state index in [4.69, 9.17) is 0 Å². The molecule has 0 saturated carbocycles. The average Bonchev–Trinajstić information content (AvgIpc) is 3.02. The van der Waals surface area contributed by atoms with E-state index in [1.165, 1.54) is 11.1 Å². The van der Waals surface area contributed by atoms with E-state index in [2.05, 4.69) is 10.5 Å². The first-order valence-electron chi connectivity index (χ1n) is 9.26. The molecule has 1 aromatic carbocycles. The minimum Gasteiger partial charge on any atom is -0.331 e. The Morgan fingerprint density at radius 2 is 2.00 bits per heavy atom. The smallest absolute Gasteiger partial charge is 0.277 e. The number of rotatable bonds is 3. The molecule has 0 bridgehead atoms. The van der Waals surface area contributed by atoms with E-state index in [1.807, 2.05) is 30.3 Å². The summed E-state index contributed by atoms with van der Waals surface area (Å²) < 4.78 is 29.1. The van der Waals surface area contributed by atoms with Crippen molar-refractivity contribution in [2.45, 2.75) is 25.3 Å². The van der Waals surface area contributed by atoms with Crippen LogP contribution in [0.25, 0.3) is 0 Å². The maximum atomic E-state index is 14.5. The van der Waals surface area contributed by atoms with Crippen molar-refractivity contribution in [3.05, 3.63) is 53.3 Å². The third-order valence-corrected chi connectivity index (χ3v) is 5.05. The number of hydrogen-bond acceptors (Lipinski definition) is 4. The summed E-state index contributed by atoms with van der Waals surface area (Å²) in [5.41, 5.74) is 5.28. The highest BCUT2D eigenvalue weighted by molar-refractivity contribution is 5.95. The van der Waals surface area contributed by atoms with E-state index in [0.717, 1.165) is 30.6 Å². The lowest BCUT2D eigenvalue weighted by Gasteiger charge is -2.24. The Bertz CT molecular complexity index is 808. The summed E-state index contributed by atoms with van der Waals surface area (Å²) in [6.45, 7) is 1.02. The molecule has 8 heteroatoms. The fraction of sp³-hybridized carbons (Fsp3) is 0.474. The topological polar surface area (TPSA) is 53.4 Å². The Kier molecular flexibility index (Phi) is 4.82. The summed E-state index contributed by atoms with van der Waals surface area (Å²) in [4.78, 5) is 17.5. The molecule has 27 heavy (non-hydrogen) atoms. The van der Waals surface area contributed by atoms with Crippen molar-refractivity contribution in [3.63, 3.8) is 0 Å². The van der Waals surface area contributed by atoms with Gasteiger partial charge in [0.1, 0.15) is 0 Å². The van der Waals surface area contributed by atoms with Crippen LogP contribution in [-0.4, -0.2) is 64.2 Å². The van der Waals surface area contributed by atoms with Gasteiger partial charge in [0.2, 0.25) is 0 Å². The molecule has 0 aliphatic carbocycles. The molecule has 2 aliphatic heterocycles. The largest absolute Gasteiger partial charge is 0.331 e. The lowest BCUT2D eigenvalue weighted by molar-refractivity contribution is -0.0358. The van der Waals surface area contributed by atoms with Gasteiger partial charge in [0, 0.05) is 26.2 Å². The van der Waals surface area contributed by atoms with Gasteiger partial charge in [-0.25, -0.2) is 8.78 Å². The van der Waals surface area contributed by atoms with Gasteiger partial charge in [0.05, 0.1) is 30.5 Å². The Morgan fingerprint density at radius 3 is 2.81 bits per heavy atom. The van der Waals surface area contributed by atoms with Gasteiger partial charge in [-0.05, 0) is 18.4 Å². The number of nitrogens with zero attached hydrogens (tertiary/aromatic N) is 4. The van der Waals surface area contributed by atoms with Gasteiger partial charge < -0.3 is 10.3 Å². The van der Waals surface area contributed by atoms with Crippen molar-refractivity contribution in [1.82, 2.24) is 19.7 Å². The SMILES string of the molecule is O=C(c1cnn2c1CCCN2)N1CCN(Cc2ccccc2)CC(F)(F)C1. The molecule has 1 aromatic heterocycles. The van der Waals surface area contributed by atoms with Gasteiger partial charge in [-0.3, -0.25) is 9.69 Å². The van der Waals surface area contributed by atoms with Gasteiger partial charge in [-0.15, -0.1) is 0 Å². The second kappa shape index (κ2) is 7.26. The van der Waals surface area contributed by atoms with Crippen molar-refractivity contribution in [2.75, 3.05) is 38.1 Å². The predicted octanol–water partition coefficient (Wildman–Crippen LogP) is 1.97. The standard InChI is InChI=1S/C19H23F2N5O/c20-19(21)13-24(12-15-5-2-1-3-6-15)9-10-25(14-19)18(27)16-11-23-26-17(16)7-4-8-22-26/h1-3,5-6,11,22H,4,7-10,12-14H2. The minimum atomic E-state index is -2.95. The van der Waals surface area contributed by atoms with E-state index < -0.39 is 12.5 Å². The first kappa shape index (κ1) is 17.9. The van der Waals surface area contributed by atoms with Crippen molar-refractivity contribution in [2.24, 2.45) is 0 Å². The number of amides is 1. The highest BCUT2D eigenvalue weighted by Crippen LogP contribution is 2.24. The quantitative estimate of drug-likeness (QED) is 0.891. The zero-order valence-electron chi connectivity index (χ0n) is 15.1. The lowest BCUT2D eigenvalue weighted by Crippen LogP contribution is -2.42. The molecule has 0 spiro atoms. The van der Waals surface area contributed by atoms with E-state index in [0.29, 0.717) is 18.7 Å². The molecular formula is C19H23F2N5O. The molecule has 0 atom stereocenters. The van der Waals surface area contributed by atoms with Crippen molar-refractivity contribution >= 4 is 5.91 Å². The first-order valence-corrected chi connectivity index (χ1v) is 9.26. The van der Waals surface area contributed by atoms with Crippen LogP contribution in [-0.2, 0) is 13.0 Å². The lowest BCUT2D eigenvalue weighted by atomic mass is 10.1. The van der Waals surface area contributed by atoms with Crippen LogP contribution >= 0.6 is 0 Å². The number of alkyl halides is 2. The van der Waals surface area contributed by atoms with Gasteiger partial charge in [0.25, 0.3) is 11.8 Å². The van der Waals surface area contributed by atoms with Gasteiger partial charge in [-0.1, -0.05) is 30.3 Å². The molecule has 0 radical (unpaired) electrons. The van der Waals surface area contributed by atoms with Crippen molar-refractivity contribution < 1.29 is 13.6 Å². The minimum absolute atomic E-state index is 0.277. The first-order chi connectivity index (χ1) is 13.0. The number of benzene rings is 1. The Hall–Kier alpha value is -2.48.